The van der Waals surface area contributed by atoms with Crippen molar-refractivity contribution in [2.24, 2.45) is 0 Å². The van der Waals surface area contributed by atoms with Crippen LogP contribution in [0.5, 0.6) is 0 Å². The molecule has 0 radical (unpaired) electrons. The normalized spacial score (nSPS) is 17.2. The second-order valence-corrected chi connectivity index (χ2v) is 6.52. The Kier molecular flexibility index (Phi) is 4.48. The van der Waals surface area contributed by atoms with Crippen LogP contribution in [-0.2, 0) is 11.2 Å². The fraction of sp³-hybridized carbons (Fsp3) is 0.467. The summed E-state index contributed by atoms with van der Waals surface area (Å²) in [4.78, 5) is 18.8. The molecular formula is C15H20N4OS. The summed E-state index contributed by atoms with van der Waals surface area (Å²) in [7, 11) is 2.10. The molecule has 2 aromatic rings. The summed E-state index contributed by atoms with van der Waals surface area (Å²) < 4.78 is 1.19. The molecule has 1 amide bonds. The van der Waals surface area contributed by atoms with E-state index in [0.717, 1.165) is 36.7 Å². The summed E-state index contributed by atoms with van der Waals surface area (Å²) >= 11 is 1.67. The first kappa shape index (κ1) is 14.4. The predicted molar refractivity (Wildman–Crippen MR) is 85.2 cm³/mol. The second-order valence-electron chi connectivity index (χ2n) is 5.40. The third kappa shape index (κ3) is 3.78. The van der Waals surface area contributed by atoms with Gasteiger partial charge in [-0.2, -0.15) is 0 Å². The predicted octanol–water partition coefficient (Wildman–Crippen LogP) is 1.51. The van der Waals surface area contributed by atoms with Crippen LogP contribution in [0.1, 0.15) is 11.4 Å². The van der Waals surface area contributed by atoms with Crippen molar-refractivity contribution in [1.29, 1.82) is 0 Å². The summed E-state index contributed by atoms with van der Waals surface area (Å²) in [6.45, 7) is 3.78. The summed E-state index contributed by atoms with van der Waals surface area (Å²) in [5.74, 6) is 0.0822. The van der Waals surface area contributed by atoms with E-state index in [1.165, 1.54) is 4.70 Å². The van der Waals surface area contributed by atoms with Gasteiger partial charge in [0.1, 0.15) is 0 Å². The summed E-state index contributed by atoms with van der Waals surface area (Å²) in [6, 6.07) is 8.09. The van der Waals surface area contributed by atoms with Crippen LogP contribution in [-0.4, -0.2) is 54.0 Å². The number of nitrogens with zero attached hydrogens (tertiary/aromatic N) is 3. The first-order valence-corrected chi connectivity index (χ1v) is 8.10. The number of thiazole rings is 1. The van der Waals surface area contributed by atoms with Gasteiger partial charge >= 0.3 is 0 Å². The average molecular weight is 304 g/mol. The number of carbonyl (C=O) groups is 1. The highest BCUT2D eigenvalue weighted by Crippen LogP contribution is 2.22. The monoisotopic (exact) mass is 304 g/mol. The zero-order valence-corrected chi connectivity index (χ0v) is 13.0. The van der Waals surface area contributed by atoms with Crippen LogP contribution in [0.4, 0.5) is 0 Å². The Morgan fingerprint density at radius 2 is 2.05 bits per heavy atom. The van der Waals surface area contributed by atoms with Crippen LogP contribution in [0.15, 0.2) is 24.3 Å². The van der Waals surface area contributed by atoms with Crippen LogP contribution in [0.25, 0.3) is 10.2 Å². The molecule has 1 aliphatic heterocycles. The van der Waals surface area contributed by atoms with Crippen LogP contribution in [0, 0.1) is 0 Å². The van der Waals surface area contributed by atoms with E-state index in [-0.39, 0.29) is 5.91 Å². The van der Waals surface area contributed by atoms with Crippen molar-refractivity contribution >= 4 is 27.5 Å². The van der Waals surface area contributed by atoms with E-state index in [2.05, 4.69) is 28.4 Å². The molecule has 1 aromatic carbocycles. The molecule has 1 N–H and O–H groups in total. The molecule has 6 heteroatoms. The third-order valence-electron chi connectivity index (χ3n) is 3.69. The van der Waals surface area contributed by atoms with E-state index in [1.54, 1.807) is 11.3 Å². The first-order chi connectivity index (χ1) is 10.2. The van der Waals surface area contributed by atoms with E-state index in [9.17, 15) is 4.79 Å². The smallest absolute Gasteiger partial charge is 0.234 e. The quantitative estimate of drug-likeness (QED) is 0.930. The number of para-hydroxylation sites is 1. The average Bonchev–Trinajstić information content (AvgIpc) is 2.90. The number of rotatable bonds is 4. The minimum atomic E-state index is 0.0822. The molecule has 1 aliphatic rings. The molecular weight excluding hydrogens is 284 g/mol. The van der Waals surface area contributed by atoms with Gasteiger partial charge in [0.25, 0.3) is 0 Å². The molecule has 2 heterocycles. The van der Waals surface area contributed by atoms with E-state index in [1.807, 2.05) is 23.2 Å². The minimum Gasteiger partial charge on any atom is -0.304 e. The molecule has 1 fully saturated rings. The molecule has 1 saturated heterocycles. The minimum absolute atomic E-state index is 0.0822. The SMILES string of the molecule is CN1CCN(NC(=O)CCc2nc3ccccc3s2)CC1. The van der Waals surface area contributed by atoms with Crippen molar-refractivity contribution in [1.82, 2.24) is 20.3 Å². The van der Waals surface area contributed by atoms with Gasteiger partial charge < -0.3 is 4.90 Å². The molecule has 3 rings (SSSR count). The Morgan fingerprint density at radius 1 is 1.29 bits per heavy atom. The summed E-state index contributed by atoms with van der Waals surface area (Å²) in [6.07, 6.45) is 1.20. The van der Waals surface area contributed by atoms with Crippen molar-refractivity contribution in [3.8, 4) is 0 Å². The first-order valence-electron chi connectivity index (χ1n) is 7.28. The number of aryl methyl sites for hydroxylation is 1. The van der Waals surface area contributed by atoms with Crippen LogP contribution in [0.3, 0.4) is 0 Å². The van der Waals surface area contributed by atoms with E-state index in [4.69, 9.17) is 0 Å². The maximum Gasteiger partial charge on any atom is 0.234 e. The van der Waals surface area contributed by atoms with Gasteiger partial charge in [0.05, 0.1) is 15.2 Å². The Balaban J connectivity index is 1.49. The number of amides is 1. The van der Waals surface area contributed by atoms with Crippen molar-refractivity contribution in [3.05, 3.63) is 29.3 Å². The van der Waals surface area contributed by atoms with Gasteiger partial charge in [-0.05, 0) is 19.2 Å². The summed E-state index contributed by atoms with van der Waals surface area (Å²) in [5, 5.41) is 3.05. The van der Waals surface area contributed by atoms with Gasteiger partial charge in [0, 0.05) is 39.0 Å². The van der Waals surface area contributed by atoms with Crippen LogP contribution >= 0.6 is 11.3 Å². The lowest BCUT2D eigenvalue weighted by Crippen LogP contribution is -2.52. The van der Waals surface area contributed by atoms with Gasteiger partial charge in [-0.15, -0.1) is 11.3 Å². The number of carbonyl (C=O) groups excluding carboxylic acids is 1. The summed E-state index contributed by atoms with van der Waals surface area (Å²) in [5.41, 5.74) is 4.01. The fourth-order valence-electron chi connectivity index (χ4n) is 2.40. The van der Waals surface area contributed by atoms with Crippen LogP contribution < -0.4 is 5.43 Å². The molecule has 1 aromatic heterocycles. The highest BCUT2D eigenvalue weighted by Gasteiger charge is 2.15. The molecule has 0 unspecified atom stereocenters. The van der Waals surface area contributed by atoms with Gasteiger partial charge in [-0.1, -0.05) is 12.1 Å². The van der Waals surface area contributed by atoms with Gasteiger partial charge in [-0.25, -0.2) is 9.99 Å². The van der Waals surface area contributed by atoms with Crippen molar-refractivity contribution < 1.29 is 4.79 Å². The topological polar surface area (TPSA) is 48.5 Å². The number of piperazine rings is 1. The lowest BCUT2D eigenvalue weighted by molar-refractivity contribution is -0.126. The maximum atomic E-state index is 12.0. The molecule has 0 bridgehead atoms. The number of likely N-dealkylation sites (N-methyl/N-ethyl adjacent to an activating group) is 1. The number of fused-ring (bicyclic) bond motifs is 1. The maximum absolute atomic E-state index is 12.0. The number of hydrogen-bond donors (Lipinski definition) is 1. The fourth-order valence-corrected chi connectivity index (χ4v) is 3.36. The number of benzene rings is 1. The van der Waals surface area contributed by atoms with Crippen molar-refractivity contribution in [3.63, 3.8) is 0 Å². The van der Waals surface area contributed by atoms with Gasteiger partial charge in [0.2, 0.25) is 5.91 Å². The molecule has 0 saturated carbocycles. The van der Waals surface area contributed by atoms with Crippen molar-refractivity contribution in [2.75, 3.05) is 33.2 Å². The highest BCUT2D eigenvalue weighted by molar-refractivity contribution is 7.18. The van der Waals surface area contributed by atoms with Crippen LogP contribution in [0.2, 0.25) is 0 Å². The standard InChI is InChI=1S/C15H20N4OS/c1-18-8-10-19(11-9-18)17-14(20)6-7-15-16-12-4-2-3-5-13(12)21-15/h2-5H,6-11H2,1H3,(H,17,20). The Labute approximate surface area is 128 Å². The van der Waals surface area contributed by atoms with Gasteiger partial charge in [-0.3, -0.25) is 10.2 Å². The number of hydrazine groups is 1. The molecule has 0 spiro atoms. The Bertz CT molecular complexity index is 586. The molecule has 5 nitrogen and oxygen atoms in total. The lowest BCUT2D eigenvalue weighted by Gasteiger charge is -2.32. The largest absolute Gasteiger partial charge is 0.304 e. The zero-order valence-electron chi connectivity index (χ0n) is 12.2. The molecule has 0 aliphatic carbocycles. The molecule has 112 valence electrons. The van der Waals surface area contributed by atoms with E-state index >= 15 is 0 Å². The number of aromatic nitrogens is 1. The van der Waals surface area contributed by atoms with E-state index < -0.39 is 0 Å². The second kappa shape index (κ2) is 6.51. The third-order valence-corrected chi connectivity index (χ3v) is 4.79. The van der Waals surface area contributed by atoms with Crippen molar-refractivity contribution in [2.45, 2.75) is 12.8 Å². The number of hydrogen-bond acceptors (Lipinski definition) is 5. The molecule has 21 heavy (non-hydrogen) atoms. The molecule has 0 atom stereocenters. The Morgan fingerprint density at radius 3 is 2.81 bits per heavy atom. The lowest BCUT2D eigenvalue weighted by atomic mass is 10.3. The highest BCUT2D eigenvalue weighted by atomic mass is 32.1. The van der Waals surface area contributed by atoms with Gasteiger partial charge in [0.15, 0.2) is 0 Å². The zero-order chi connectivity index (χ0) is 14.7. The Hall–Kier alpha value is -1.50. The van der Waals surface area contributed by atoms with E-state index in [0.29, 0.717) is 12.8 Å². The number of nitrogens with one attached hydrogen (secondary N) is 1.